The van der Waals surface area contributed by atoms with Gasteiger partial charge in [0.05, 0.1) is 0 Å². The first kappa shape index (κ1) is 14.3. The molecule has 0 aromatic rings. The van der Waals surface area contributed by atoms with Crippen LogP contribution >= 0.6 is 0 Å². The highest BCUT2D eigenvalue weighted by Gasteiger charge is 2.29. The first-order chi connectivity index (χ1) is 9.20. The Morgan fingerprint density at radius 3 is 2.84 bits per heavy atom. The van der Waals surface area contributed by atoms with E-state index in [1.807, 2.05) is 6.92 Å². The molecule has 108 valence electrons. The van der Waals surface area contributed by atoms with E-state index in [1.165, 1.54) is 0 Å². The smallest absolute Gasteiger partial charge is 0.238 e. The molecule has 0 radical (unpaired) electrons. The van der Waals surface area contributed by atoms with Crippen molar-refractivity contribution in [2.75, 3.05) is 32.7 Å². The molecule has 0 bridgehead atoms. The Morgan fingerprint density at radius 1 is 1.37 bits per heavy atom. The van der Waals surface area contributed by atoms with Crippen LogP contribution < -0.4 is 16.0 Å². The normalized spacial score (nSPS) is 23.9. The minimum absolute atomic E-state index is 0.0531. The number of amides is 2. The Labute approximate surface area is 114 Å². The van der Waals surface area contributed by atoms with Gasteiger partial charge >= 0.3 is 0 Å². The van der Waals surface area contributed by atoms with Crippen LogP contribution in [0, 0.1) is 0 Å². The number of carbonyl (C=O) groups is 2. The second-order valence-corrected chi connectivity index (χ2v) is 5.24. The molecule has 1 aliphatic heterocycles. The van der Waals surface area contributed by atoms with Crippen molar-refractivity contribution in [3.63, 3.8) is 0 Å². The molecule has 1 heterocycles. The van der Waals surface area contributed by atoms with Gasteiger partial charge in [-0.15, -0.1) is 0 Å². The summed E-state index contributed by atoms with van der Waals surface area (Å²) in [5, 5.41) is 9.07. The third kappa shape index (κ3) is 4.47. The van der Waals surface area contributed by atoms with Gasteiger partial charge in [-0.1, -0.05) is 0 Å². The molecule has 1 saturated carbocycles. The summed E-state index contributed by atoms with van der Waals surface area (Å²) in [6, 6.07) is 0.261. The van der Waals surface area contributed by atoms with E-state index in [-0.39, 0.29) is 17.9 Å². The van der Waals surface area contributed by atoms with E-state index in [9.17, 15) is 9.59 Å². The van der Waals surface area contributed by atoms with Crippen LogP contribution in [0.4, 0.5) is 0 Å². The summed E-state index contributed by atoms with van der Waals surface area (Å²) < 4.78 is 0. The summed E-state index contributed by atoms with van der Waals surface area (Å²) in [4.78, 5) is 25.7. The third-order valence-corrected chi connectivity index (χ3v) is 3.58. The fourth-order valence-corrected chi connectivity index (χ4v) is 2.34. The fraction of sp³-hybridized carbons (Fsp3) is 0.846. The zero-order valence-corrected chi connectivity index (χ0v) is 11.6. The predicted octanol–water partition coefficient (Wildman–Crippen LogP) is -0.935. The van der Waals surface area contributed by atoms with E-state index in [0.717, 1.165) is 25.9 Å². The Morgan fingerprint density at radius 2 is 2.16 bits per heavy atom. The summed E-state index contributed by atoms with van der Waals surface area (Å²) >= 11 is 0. The molecule has 6 heteroatoms. The van der Waals surface area contributed by atoms with Gasteiger partial charge in [-0.25, -0.2) is 0 Å². The molecule has 1 unspecified atom stereocenters. The van der Waals surface area contributed by atoms with Gasteiger partial charge in [0.2, 0.25) is 11.8 Å². The van der Waals surface area contributed by atoms with Crippen LogP contribution in [0.15, 0.2) is 0 Å². The second kappa shape index (κ2) is 6.86. The largest absolute Gasteiger partial charge is 0.355 e. The Bertz CT molecular complexity index is 331. The van der Waals surface area contributed by atoms with Crippen molar-refractivity contribution < 1.29 is 9.59 Å². The topological polar surface area (TPSA) is 73.5 Å². The van der Waals surface area contributed by atoms with Gasteiger partial charge < -0.3 is 16.0 Å². The van der Waals surface area contributed by atoms with E-state index < -0.39 is 0 Å². The van der Waals surface area contributed by atoms with Crippen molar-refractivity contribution in [3.8, 4) is 0 Å². The van der Waals surface area contributed by atoms with Gasteiger partial charge in [-0.05, 0) is 19.8 Å². The van der Waals surface area contributed by atoms with Crippen LogP contribution in [0.2, 0.25) is 0 Å². The van der Waals surface area contributed by atoms with E-state index in [0.29, 0.717) is 32.1 Å². The zero-order valence-electron chi connectivity index (χ0n) is 11.6. The molecular formula is C13H24N4O2. The molecule has 0 aromatic carbocycles. The summed E-state index contributed by atoms with van der Waals surface area (Å²) in [6.45, 7) is 5.57. The fourth-order valence-electron chi connectivity index (χ4n) is 2.34. The monoisotopic (exact) mass is 268 g/mol. The quantitative estimate of drug-likeness (QED) is 0.582. The number of piperazine rings is 1. The predicted molar refractivity (Wildman–Crippen MR) is 72.7 cm³/mol. The standard InChI is InChI=1S/C13H24N4O2/c1-2-15-13(19)11-9-14-6-8-17(11)7-5-12(18)16-10-3-4-10/h10-11,14H,2-9H2,1H3,(H,15,19)(H,16,18). The number of nitrogens with one attached hydrogen (secondary N) is 3. The van der Waals surface area contributed by atoms with Crippen LogP contribution in [0.1, 0.15) is 26.2 Å². The van der Waals surface area contributed by atoms with E-state index in [1.54, 1.807) is 0 Å². The summed E-state index contributed by atoms with van der Waals surface area (Å²) in [5.41, 5.74) is 0. The second-order valence-electron chi connectivity index (χ2n) is 5.24. The third-order valence-electron chi connectivity index (χ3n) is 3.58. The first-order valence-corrected chi connectivity index (χ1v) is 7.22. The summed E-state index contributed by atoms with van der Waals surface area (Å²) in [5.74, 6) is 0.160. The van der Waals surface area contributed by atoms with Crippen molar-refractivity contribution in [3.05, 3.63) is 0 Å². The number of hydrogen-bond donors (Lipinski definition) is 3. The number of nitrogens with zero attached hydrogens (tertiary/aromatic N) is 1. The van der Waals surface area contributed by atoms with Gasteiger partial charge in [-0.2, -0.15) is 0 Å². The van der Waals surface area contributed by atoms with Crippen LogP contribution in [0.25, 0.3) is 0 Å². The average Bonchev–Trinajstić information content (AvgIpc) is 3.21. The average molecular weight is 268 g/mol. The molecule has 1 aliphatic carbocycles. The lowest BCUT2D eigenvalue weighted by atomic mass is 10.1. The molecular weight excluding hydrogens is 244 g/mol. The molecule has 1 atom stereocenters. The van der Waals surface area contributed by atoms with Crippen LogP contribution in [-0.4, -0.2) is 61.5 Å². The highest BCUT2D eigenvalue weighted by Crippen LogP contribution is 2.18. The number of hydrogen-bond acceptors (Lipinski definition) is 4. The molecule has 2 rings (SSSR count). The van der Waals surface area contributed by atoms with Crippen molar-refractivity contribution in [1.29, 1.82) is 0 Å². The highest BCUT2D eigenvalue weighted by molar-refractivity contribution is 5.82. The zero-order chi connectivity index (χ0) is 13.7. The molecule has 6 nitrogen and oxygen atoms in total. The van der Waals surface area contributed by atoms with Crippen molar-refractivity contribution in [2.24, 2.45) is 0 Å². The maximum atomic E-state index is 11.9. The minimum atomic E-state index is -0.151. The number of rotatable bonds is 6. The molecule has 19 heavy (non-hydrogen) atoms. The van der Waals surface area contributed by atoms with E-state index >= 15 is 0 Å². The molecule has 3 N–H and O–H groups in total. The minimum Gasteiger partial charge on any atom is -0.355 e. The van der Waals surface area contributed by atoms with Gasteiger partial charge in [0.1, 0.15) is 6.04 Å². The SMILES string of the molecule is CCNC(=O)C1CNCCN1CCC(=O)NC1CC1. The lowest BCUT2D eigenvalue weighted by molar-refractivity contribution is -0.128. The molecule has 2 amide bonds. The van der Waals surface area contributed by atoms with Gasteiger partial charge in [0, 0.05) is 45.2 Å². The van der Waals surface area contributed by atoms with E-state index in [2.05, 4.69) is 20.9 Å². The maximum Gasteiger partial charge on any atom is 0.238 e. The summed E-state index contributed by atoms with van der Waals surface area (Å²) in [7, 11) is 0. The van der Waals surface area contributed by atoms with Gasteiger partial charge in [0.25, 0.3) is 0 Å². The van der Waals surface area contributed by atoms with Crippen molar-refractivity contribution >= 4 is 11.8 Å². The van der Waals surface area contributed by atoms with Crippen LogP contribution in [0.5, 0.6) is 0 Å². The Hall–Kier alpha value is -1.14. The van der Waals surface area contributed by atoms with Crippen molar-refractivity contribution in [1.82, 2.24) is 20.9 Å². The number of likely N-dealkylation sites (N-methyl/N-ethyl adjacent to an activating group) is 1. The van der Waals surface area contributed by atoms with Crippen LogP contribution in [-0.2, 0) is 9.59 Å². The number of carbonyl (C=O) groups excluding carboxylic acids is 2. The lowest BCUT2D eigenvalue weighted by Gasteiger charge is -2.34. The van der Waals surface area contributed by atoms with Crippen LogP contribution in [0.3, 0.4) is 0 Å². The van der Waals surface area contributed by atoms with E-state index in [4.69, 9.17) is 0 Å². The Kier molecular flexibility index (Phi) is 5.15. The highest BCUT2D eigenvalue weighted by atomic mass is 16.2. The molecule has 2 aliphatic rings. The first-order valence-electron chi connectivity index (χ1n) is 7.22. The lowest BCUT2D eigenvalue weighted by Crippen LogP contribution is -2.58. The summed E-state index contributed by atoms with van der Waals surface area (Å²) in [6.07, 6.45) is 2.70. The molecule has 1 saturated heterocycles. The maximum absolute atomic E-state index is 11.9. The molecule has 0 aromatic heterocycles. The molecule has 0 spiro atoms. The molecule has 2 fully saturated rings. The van der Waals surface area contributed by atoms with Gasteiger partial charge in [0.15, 0.2) is 0 Å². The van der Waals surface area contributed by atoms with Gasteiger partial charge in [-0.3, -0.25) is 14.5 Å². The van der Waals surface area contributed by atoms with Crippen molar-refractivity contribution in [2.45, 2.75) is 38.3 Å². The Balaban J connectivity index is 1.77.